The lowest BCUT2D eigenvalue weighted by Crippen LogP contribution is -2.44. The fraction of sp³-hybridized carbons (Fsp3) is 0.273. The number of hydrogen-bond donors (Lipinski definition) is 0. The molecule has 0 N–H and O–H groups in total. The minimum Gasteiger partial charge on any atom is -0.404 e. The average molecular weight is 336 g/mol. The summed E-state index contributed by atoms with van der Waals surface area (Å²) < 4.78 is 6.32. The second-order valence-corrected chi connectivity index (χ2v) is 8.34. The molecule has 24 heavy (non-hydrogen) atoms. The molecule has 2 heteroatoms. The first-order valence-corrected chi connectivity index (χ1v) is 9.97. The predicted octanol–water partition coefficient (Wildman–Crippen LogP) is 4.50. The van der Waals surface area contributed by atoms with Gasteiger partial charge in [0.25, 0.3) is 9.04 Å². The lowest BCUT2D eigenvalue weighted by molar-refractivity contribution is 0.381. The predicted molar refractivity (Wildman–Crippen MR) is 106 cm³/mol. The van der Waals surface area contributed by atoms with Crippen LogP contribution in [0, 0.1) is 0 Å². The highest BCUT2D eigenvalue weighted by atomic mass is 28.3. The molecule has 0 fully saturated rings. The van der Waals surface area contributed by atoms with Gasteiger partial charge in [0.1, 0.15) is 0 Å². The van der Waals surface area contributed by atoms with Crippen molar-refractivity contribution in [1.82, 2.24) is 0 Å². The third-order valence-corrected chi connectivity index (χ3v) is 5.99. The van der Waals surface area contributed by atoms with Crippen LogP contribution in [-0.2, 0) is 4.43 Å². The zero-order chi connectivity index (χ0) is 17.2. The number of hydrogen-bond acceptors (Lipinski definition) is 1. The highest BCUT2D eigenvalue weighted by Crippen LogP contribution is 2.06. The summed E-state index contributed by atoms with van der Waals surface area (Å²) in [6, 6.07) is 21.2. The van der Waals surface area contributed by atoms with Crippen LogP contribution in [0.2, 0.25) is 0 Å². The Morgan fingerprint density at radius 3 is 1.88 bits per heavy atom. The van der Waals surface area contributed by atoms with Crippen molar-refractivity contribution in [2.75, 3.05) is 6.61 Å². The summed E-state index contributed by atoms with van der Waals surface area (Å²) in [5.74, 6) is 0. The molecular formula is C22H27OSi. The molecule has 0 atom stereocenters. The van der Waals surface area contributed by atoms with Crippen LogP contribution in [0.3, 0.4) is 0 Å². The lowest BCUT2D eigenvalue weighted by atomic mass is 10.1. The largest absolute Gasteiger partial charge is 0.404 e. The summed E-state index contributed by atoms with van der Waals surface area (Å²) in [6.07, 6.45) is 6.74. The molecule has 0 aliphatic carbocycles. The van der Waals surface area contributed by atoms with Crippen molar-refractivity contribution in [1.29, 1.82) is 0 Å². The van der Waals surface area contributed by atoms with Crippen LogP contribution in [0.25, 0.3) is 0 Å². The molecule has 125 valence electrons. The molecule has 0 saturated heterocycles. The molecule has 0 aromatic heterocycles. The average Bonchev–Trinajstić information content (AvgIpc) is 2.60. The van der Waals surface area contributed by atoms with E-state index in [0.717, 1.165) is 12.8 Å². The normalized spacial score (nSPS) is 11.6. The third-order valence-electron chi connectivity index (χ3n) is 3.82. The summed E-state index contributed by atoms with van der Waals surface area (Å²) in [6.45, 7) is 7.17. The molecule has 0 spiro atoms. The topological polar surface area (TPSA) is 9.23 Å². The molecule has 2 aromatic carbocycles. The first-order valence-electron chi connectivity index (χ1n) is 8.56. The molecule has 1 nitrogen and oxygen atoms in total. The van der Waals surface area contributed by atoms with Crippen LogP contribution in [0.15, 0.2) is 84.0 Å². The Morgan fingerprint density at radius 2 is 1.38 bits per heavy atom. The van der Waals surface area contributed by atoms with Crippen LogP contribution in [0.5, 0.6) is 0 Å². The maximum atomic E-state index is 6.32. The fourth-order valence-electron chi connectivity index (χ4n) is 2.47. The van der Waals surface area contributed by atoms with E-state index in [1.54, 1.807) is 0 Å². The van der Waals surface area contributed by atoms with Gasteiger partial charge in [-0.05, 0) is 44.0 Å². The fourth-order valence-corrected chi connectivity index (χ4v) is 4.38. The standard InChI is InChI=1S/C22H27OSi/c1-19(2)11-10-12-20(3)17-18-23-24(21-13-6-4-7-14-21)22-15-8-5-9-16-22/h4-9,11,13-17H,10,12,18H2,1-3H3/b20-17+. The van der Waals surface area contributed by atoms with E-state index in [-0.39, 0.29) is 0 Å². The van der Waals surface area contributed by atoms with E-state index in [2.05, 4.69) is 93.6 Å². The molecule has 0 saturated carbocycles. The van der Waals surface area contributed by atoms with Gasteiger partial charge in [0.15, 0.2) is 0 Å². The molecule has 2 aromatic rings. The van der Waals surface area contributed by atoms with Gasteiger partial charge in [-0.25, -0.2) is 0 Å². The van der Waals surface area contributed by atoms with E-state index in [9.17, 15) is 0 Å². The Bertz CT molecular complexity index is 615. The smallest absolute Gasteiger partial charge is 0.283 e. The molecule has 1 radical (unpaired) electrons. The third kappa shape index (κ3) is 6.30. The zero-order valence-electron chi connectivity index (χ0n) is 15.0. The van der Waals surface area contributed by atoms with Gasteiger partial charge in [0.2, 0.25) is 0 Å². The van der Waals surface area contributed by atoms with Gasteiger partial charge in [-0.15, -0.1) is 0 Å². The van der Waals surface area contributed by atoms with Crippen molar-refractivity contribution >= 4 is 19.4 Å². The van der Waals surface area contributed by atoms with Gasteiger partial charge in [-0.2, -0.15) is 0 Å². The van der Waals surface area contributed by atoms with Gasteiger partial charge >= 0.3 is 0 Å². The van der Waals surface area contributed by atoms with Crippen LogP contribution < -0.4 is 10.4 Å². The first kappa shape index (κ1) is 18.4. The second kappa shape index (κ2) is 10.1. The molecule has 0 bridgehead atoms. The second-order valence-electron chi connectivity index (χ2n) is 6.24. The summed E-state index contributed by atoms with van der Waals surface area (Å²) in [5.41, 5.74) is 2.78. The Hall–Kier alpha value is -1.90. The molecule has 0 aliphatic heterocycles. The van der Waals surface area contributed by atoms with Crippen molar-refractivity contribution in [3.8, 4) is 0 Å². The molecule has 0 amide bonds. The van der Waals surface area contributed by atoms with Crippen molar-refractivity contribution in [3.63, 3.8) is 0 Å². The van der Waals surface area contributed by atoms with Gasteiger partial charge in [0.05, 0.1) is 6.61 Å². The highest BCUT2D eigenvalue weighted by molar-refractivity contribution is 6.80. The number of allylic oxidation sites excluding steroid dienone is 3. The Morgan fingerprint density at radius 1 is 0.833 bits per heavy atom. The quantitative estimate of drug-likeness (QED) is 0.510. The number of benzene rings is 2. The maximum absolute atomic E-state index is 6.32. The van der Waals surface area contributed by atoms with E-state index < -0.39 is 9.04 Å². The highest BCUT2D eigenvalue weighted by Gasteiger charge is 2.18. The minimum absolute atomic E-state index is 0.679. The molecule has 2 rings (SSSR count). The Labute approximate surface area is 148 Å². The molecule has 0 heterocycles. The van der Waals surface area contributed by atoms with Gasteiger partial charge in [-0.3, -0.25) is 0 Å². The van der Waals surface area contributed by atoms with Crippen molar-refractivity contribution in [2.45, 2.75) is 33.6 Å². The van der Waals surface area contributed by atoms with E-state index in [1.165, 1.54) is 21.5 Å². The summed E-state index contributed by atoms with van der Waals surface area (Å²) in [5, 5.41) is 2.59. The van der Waals surface area contributed by atoms with Crippen LogP contribution in [0.1, 0.15) is 33.6 Å². The zero-order valence-corrected chi connectivity index (χ0v) is 16.0. The molecule has 0 unspecified atom stereocenters. The Kier molecular flexibility index (Phi) is 7.73. The summed E-state index contributed by atoms with van der Waals surface area (Å²) >= 11 is 0. The number of rotatable bonds is 8. The van der Waals surface area contributed by atoms with Crippen molar-refractivity contribution < 1.29 is 4.43 Å². The lowest BCUT2D eigenvalue weighted by Gasteiger charge is -2.15. The van der Waals surface area contributed by atoms with Crippen molar-refractivity contribution in [3.05, 3.63) is 84.0 Å². The van der Waals surface area contributed by atoms with Gasteiger partial charge in [-0.1, -0.05) is 84.0 Å². The SMILES string of the molecule is CC(C)=CCC/C(C)=C/CO[Si](c1ccccc1)c1ccccc1. The minimum atomic E-state index is -1.19. The summed E-state index contributed by atoms with van der Waals surface area (Å²) in [7, 11) is -1.19. The van der Waals surface area contributed by atoms with E-state index in [0.29, 0.717) is 6.61 Å². The van der Waals surface area contributed by atoms with Crippen LogP contribution in [0.4, 0.5) is 0 Å². The molecular weight excluding hydrogens is 308 g/mol. The van der Waals surface area contributed by atoms with E-state index in [4.69, 9.17) is 4.43 Å². The Balaban J connectivity index is 2.01. The van der Waals surface area contributed by atoms with Crippen LogP contribution in [-0.4, -0.2) is 15.6 Å². The molecule has 0 aliphatic rings. The van der Waals surface area contributed by atoms with Gasteiger partial charge in [0, 0.05) is 0 Å². The summed E-state index contributed by atoms with van der Waals surface area (Å²) in [4.78, 5) is 0. The monoisotopic (exact) mass is 335 g/mol. The van der Waals surface area contributed by atoms with E-state index >= 15 is 0 Å². The maximum Gasteiger partial charge on any atom is 0.283 e. The van der Waals surface area contributed by atoms with Crippen LogP contribution >= 0.6 is 0 Å². The van der Waals surface area contributed by atoms with Crippen molar-refractivity contribution in [2.24, 2.45) is 0 Å². The van der Waals surface area contributed by atoms with E-state index in [1.807, 2.05) is 0 Å². The van der Waals surface area contributed by atoms with Gasteiger partial charge < -0.3 is 4.43 Å². The first-order chi connectivity index (χ1) is 11.7.